The van der Waals surface area contributed by atoms with E-state index in [9.17, 15) is 14.4 Å². The van der Waals surface area contributed by atoms with Crippen LogP contribution in [0.4, 0.5) is 0 Å². The number of esters is 1. The Hall–Kier alpha value is -1.86. The lowest BCUT2D eigenvalue weighted by Gasteiger charge is -2.32. The van der Waals surface area contributed by atoms with Gasteiger partial charge in [0, 0.05) is 13.1 Å². The van der Waals surface area contributed by atoms with Crippen LogP contribution in [0.2, 0.25) is 0 Å². The van der Waals surface area contributed by atoms with Crippen LogP contribution in [0.5, 0.6) is 0 Å². The van der Waals surface area contributed by atoms with Gasteiger partial charge in [-0.3, -0.25) is 24.6 Å². The number of carbonyl (C=O) groups excluding carboxylic acids is 3. The summed E-state index contributed by atoms with van der Waals surface area (Å²) in [7, 11) is 2.82. The van der Waals surface area contributed by atoms with Crippen LogP contribution in [0.1, 0.15) is 23.6 Å². The van der Waals surface area contributed by atoms with Gasteiger partial charge < -0.3 is 4.74 Å². The number of aryl methyl sites for hydroxylation is 1. The Kier molecular flexibility index (Phi) is 5.12. The Bertz CT molecular complexity index is 736. The molecule has 7 heteroatoms. The minimum absolute atomic E-state index is 0.243. The summed E-state index contributed by atoms with van der Waals surface area (Å²) < 4.78 is 5.07. The van der Waals surface area contributed by atoms with Crippen LogP contribution in [-0.2, 0) is 19.1 Å². The van der Waals surface area contributed by atoms with E-state index >= 15 is 0 Å². The lowest BCUT2D eigenvalue weighted by molar-refractivity contribution is -0.154. The molecule has 3 rings (SSSR count). The van der Waals surface area contributed by atoms with Crippen molar-refractivity contribution in [1.82, 2.24) is 10.2 Å². The van der Waals surface area contributed by atoms with Gasteiger partial charge in [-0.05, 0) is 30.9 Å². The lowest BCUT2D eigenvalue weighted by atomic mass is 9.78. The van der Waals surface area contributed by atoms with Gasteiger partial charge in [-0.2, -0.15) is 11.8 Å². The number of thioether (sulfide) groups is 1. The van der Waals surface area contributed by atoms with Crippen molar-refractivity contribution >= 4 is 29.5 Å². The number of likely N-dealkylation sites (tertiary alicyclic amines) is 1. The highest BCUT2D eigenvalue weighted by atomic mass is 32.2. The van der Waals surface area contributed by atoms with Crippen molar-refractivity contribution in [2.75, 3.05) is 26.2 Å². The molecule has 0 radical (unpaired) electrons. The molecule has 0 unspecified atom stereocenters. The molecule has 0 bridgehead atoms. The lowest BCUT2D eigenvalue weighted by Crippen LogP contribution is -2.56. The third-order valence-corrected chi connectivity index (χ3v) is 6.17. The van der Waals surface area contributed by atoms with Gasteiger partial charge >= 0.3 is 5.97 Å². The van der Waals surface area contributed by atoms with Crippen molar-refractivity contribution in [3.63, 3.8) is 0 Å². The molecule has 2 amide bonds. The van der Waals surface area contributed by atoms with Gasteiger partial charge in [0.15, 0.2) is 0 Å². The molecule has 26 heavy (non-hydrogen) atoms. The van der Waals surface area contributed by atoms with Crippen LogP contribution in [0.15, 0.2) is 24.3 Å². The van der Waals surface area contributed by atoms with Crippen LogP contribution in [-0.4, -0.2) is 54.4 Å². The minimum atomic E-state index is -1.19. The van der Waals surface area contributed by atoms with Crippen LogP contribution in [0, 0.1) is 18.8 Å². The first kappa shape index (κ1) is 18.9. The molecule has 140 valence electrons. The van der Waals surface area contributed by atoms with E-state index in [1.165, 1.54) is 14.2 Å². The molecular weight excluding hydrogens is 352 g/mol. The van der Waals surface area contributed by atoms with Crippen molar-refractivity contribution in [2.45, 2.75) is 24.9 Å². The van der Waals surface area contributed by atoms with Crippen LogP contribution >= 0.6 is 11.8 Å². The summed E-state index contributed by atoms with van der Waals surface area (Å²) >= 11 is 1.59. The third-order valence-electron chi connectivity index (χ3n) is 5.56. The van der Waals surface area contributed by atoms with Gasteiger partial charge in [-0.1, -0.05) is 29.8 Å². The molecular formula is C19H24N2O4S. The molecule has 2 heterocycles. The monoisotopic (exact) mass is 376 g/mol. The quantitative estimate of drug-likeness (QED) is 0.621. The molecule has 0 aromatic heterocycles. The molecule has 0 aliphatic carbocycles. The number of benzene rings is 1. The summed E-state index contributed by atoms with van der Waals surface area (Å²) in [5.74, 6) is -1.70. The molecule has 2 aliphatic heterocycles. The average molecular weight is 376 g/mol. The number of hydrogen-bond donors (Lipinski definition) is 1. The fourth-order valence-corrected chi connectivity index (χ4v) is 4.70. The number of ether oxygens (including phenoxy) is 1. The van der Waals surface area contributed by atoms with Gasteiger partial charge in [0.25, 0.3) is 0 Å². The highest BCUT2D eigenvalue weighted by Gasteiger charge is 2.67. The van der Waals surface area contributed by atoms with Crippen LogP contribution in [0.25, 0.3) is 0 Å². The Morgan fingerprint density at radius 1 is 1.27 bits per heavy atom. The summed E-state index contributed by atoms with van der Waals surface area (Å²) in [6, 6.07) is 7.43. The number of fused-ring (bicyclic) bond motifs is 1. The third kappa shape index (κ3) is 2.74. The Morgan fingerprint density at radius 3 is 2.50 bits per heavy atom. The molecule has 1 N–H and O–H groups in total. The molecule has 1 aromatic rings. The van der Waals surface area contributed by atoms with Crippen molar-refractivity contribution < 1.29 is 19.1 Å². The Balaban J connectivity index is 2.11. The number of rotatable bonds is 5. The van der Waals surface area contributed by atoms with E-state index in [0.29, 0.717) is 12.2 Å². The number of methoxy groups -OCH3 is 1. The van der Waals surface area contributed by atoms with E-state index in [1.807, 2.05) is 37.4 Å². The van der Waals surface area contributed by atoms with Gasteiger partial charge in [0.05, 0.1) is 18.9 Å². The summed E-state index contributed by atoms with van der Waals surface area (Å²) in [5.41, 5.74) is 0.822. The van der Waals surface area contributed by atoms with E-state index in [0.717, 1.165) is 16.0 Å². The largest absolute Gasteiger partial charge is 0.468 e. The maximum absolute atomic E-state index is 12.9. The van der Waals surface area contributed by atoms with Gasteiger partial charge in [-0.25, -0.2) is 0 Å². The maximum atomic E-state index is 12.9. The number of carbonyl (C=O) groups is 3. The summed E-state index contributed by atoms with van der Waals surface area (Å²) in [5, 5.41) is 3.35. The summed E-state index contributed by atoms with van der Waals surface area (Å²) in [4.78, 5) is 39.7. The van der Waals surface area contributed by atoms with Gasteiger partial charge in [0.1, 0.15) is 5.54 Å². The molecule has 4 atom stereocenters. The van der Waals surface area contributed by atoms with E-state index in [1.54, 1.807) is 11.8 Å². The SMILES string of the molecule is COC(=O)[C@]1(CCSC)N[C@H](c2ccc(C)cc2)[C@@H]2C(=O)N(C)C(=O)[C@@H]21. The maximum Gasteiger partial charge on any atom is 0.326 e. The number of imide groups is 1. The number of nitrogens with one attached hydrogen (secondary N) is 1. The second kappa shape index (κ2) is 7.04. The van der Waals surface area contributed by atoms with Crippen molar-refractivity contribution in [3.8, 4) is 0 Å². The van der Waals surface area contributed by atoms with E-state index in [4.69, 9.17) is 4.74 Å². The first-order valence-electron chi connectivity index (χ1n) is 8.60. The van der Waals surface area contributed by atoms with E-state index < -0.39 is 29.4 Å². The molecule has 6 nitrogen and oxygen atoms in total. The zero-order valence-electron chi connectivity index (χ0n) is 15.4. The molecule has 2 fully saturated rings. The number of nitrogens with zero attached hydrogens (tertiary/aromatic N) is 1. The highest BCUT2D eigenvalue weighted by Crippen LogP contribution is 2.50. The molecule has 2 aliphatic rings. The smallest absolute Gasteiger partial charge is 0.326 e. The normalized spacial score (nSPS) is 30.6. The first-order valence-corrected chi connectivity index (χ1v) is 9.99. The first-order chi connectivity index (χ1) is 12.4. The molecule has 0 spiro atoms. The van der Waals surface area contributed by atoms with Crippen LogP contribution < -0.4 is 5.32 Å². The van der Waals surface area contributed by atoms with Gasteiger partial charge in [0.2, 0.25) is 11.8 Å². The highest BCUT2D eigenvalue weighted by molar-refractivity contribution is 7.98. The summed E-state index contributed by atoms with van der Waals surface area (Å²) in [6.45, 7) is 1.99. The van der Waals surface area contributed by atoms with Crippen molar-refractivity contribution in [1.29, 1.82) is 0 Å². The molecule has 2 saturated heterocycles. The average Bonchev–Trinajstić information content (AvgIpc) is 3.10. The van der Waals surface area contributed by atoms with Crippen molar-refractivity contribution in [3.05, 3.63) is 35.4 Å². The van der Waals surface area contributed by atoms with E-state index in [-0.39, 0.29) is 11.8 Å². The second-order valence-corrected chi connectivity index (χ2v) is 7.96. The van der Waals surface area contributed by atoms with Crippen LogP contribution in [0.3, 0.4) is 0 Å². The number of hydrogen-bond acceptors (Lipinski definition) is 6. The van der Waals surface area contributed by atoms with Crippen molar-refractivity contribution in [2.24, 2.45) is 11.8 Å². The standard InChI is InChI=1S/C19H24N2O4S/c1-11-5-7-12(8-6-11)15-13-14(17(23)21(2)16(13)22)19(20-15,9-10-26-4)18(24)25-3/h5-8,13-15,20H,9-10H2,1-4H3/t13-,14-,15-,19-/m1/s1. The summed E-state index contributed by atoms with van der Waals surface area (Å²) in [6.07, 6.45) is 2.37. The van der Waals surface area contributed by atoms with E-state index in [2.05, 4.69) is 5.32 Å². The Morgan fingerprint density at radius 2 is 1.92 bits per heavy atom. The second-order valence-electron chi connectivity index (χ2n) is 6.98. The zero-order valence-corrected chi connectivity index (χ0v) is 16.3. The predicted molar refractivity (Wildman–Crippen MR) is 99.6 cm³/mol. The Labute approximate surface area is 157 Å². The molecule has 1 aromatic carbocycles. The fourth-order valence-electron chi connectivity index (χ4n) is 4.17. The topological polar surface area (TPSA) is 75.7 Å². The predicted octanol–water partition coefficient (Wildman–Crippen LogP) is 1.54. The zero-order chi connectivity index (χ0) is 19.1. The molecule has 0 saturated carbocycles. The number of amides is 2. The fraction of sp³-hybridized carbons (Fsp3) is 0.526. The minimum Gasteiger partial charge on any atom is -0.468 e. The van der Waals surface area contributed by atoms with Gasteiger partial charge in [-0.15, -0.1) is 0 Å².